The molecule has 0 atom stereocenters. The summed E-state index contributed by atoms with van der Waals surface area (Å²) in [5, 5.41) is 1.94. The van der Waals surface area contributed by atoms with Gasteiger partial charge in [-0.15, -0.1) is 11.3 Å². The first-order valence-electron chi connectivity index (χ1n) is 4.85. The average molecular weight is 234 g/mol. The first-order chi connectivity index (χ1) is 7.81. The fraction of sp³-hybridized carbons (Fsp3) is 0.182. The molecular weight excluding hydrogens is 224 g/mol. The highest BCUT2D eigenvalue weighted by atomic mass is 32.1. The zero-order chi connectivity index (χ0) is 11.4. The average Bonchev–Trinajstić information content (AvgIpc) is 2.83. The molecule has 0 bridgehead atoms. The fourth-order valence-electron chi connectivity index (χ4n) is 1.20. The summed E-state index contributed by atoms with van der Waals surface area (Å²) in [7, 11) is 0. The van der Waals surface area contributed by atoms with Crippen molar-refractivity contribution in [3.8, 4) is 10.7 Å². The summed E-state index contributed by atoms with van der Waals surface area (Å²) in [5.74, 6) is 0.142. The van der Waals surface area contributed by atoms with Gasteiger partial charge in [0.25, 0.3) is 0 Å². The monoisotopic (exact) mass is 234 g/mol. The molecule has 0 amide bonds. The molecule has 0 aliphatic carbocycles. The molecule has 0 radical (unpaired) electrons. The van der Waals surface area contributed by atoms with Crippen molar-refractivity contribution in [2.24, 2.45) is 0 Å². The molecule has 2 rings (SSSR count). The Morgan fingerprint density at radius 1 is 1.50 bits per heavy atom. The lowest BCUT2D eigenvalue weighted by Crippen LogP contribution is -2.07. The van der Waals surface area contributed by atoms with Crippen LogP contribution in [-0.2, 0) is 4.74 Å². The summed E-state index contributed by atoms with van der Waals surface area (Å²) in [5.41, 5.74) is 0.292. The van der Waals surface area contributed by atoms with Gasteiger partial charge in [0.1, 0.15) is 0 Å². The van der Waals surface area contributed by atoms with Crippen molar-refractivity contribution in [1.29, 1.82) is 0 Å². The van der Waals surface area contributed by atoms with Crippen LogP contribution in [0.2, 0.25) is 0 Å². The topological polar surface area (TPSA) is 52.1 Å². The summed E-state index contributed by atoms with van der Waals surface area (Å²) in [6.45, 7) is 2.11. The first-order valence-corrected chi connectivity index (χ1v) is 5.73. The van der Waals surface area contributed by atoms with Crippen molar-refractivity contribution in [3.63, 3.8) is 0 Å². The van der Waals surface area contributed by atoms with Gasteiger partial charge in [0.15, 0.2) is 11.5 Å². The molecule has 0 aromatic carbocycles. The van der Waals surface area contributed by atoms with E-state index in [1.807, 2.05) is 17.5 Å². The Balaban J connectivity index is 2.30. The SMILES string of the molecule is CCOC(=O)c1ccnc(-c2cccs2)n1. The summed E-state index contributed by atoms with van der Waals surface area (Å²) >= 11 is 1.53. The van der Waals surface area contributed by atoms with Crippen LogP contribution in [0.15, 0.2) is 29.8 Å². The Labute approximate surface area is 96.9 Å². The molecule has 0 fully saturated rings. The fourth-order valence-corrected chi connectivity index (χ4v) is 1.87. The van der Waals surface area contributed by atoms with E-state index >= 15 is 0 Å². The van der Waals surface area contributed by atoms with E-state index < -0.39 is 5.97 Å². The van der Waals surface area contributed by atoms with E-state index in [-0.39, 0.29) is 0 Å². The largest absolute Gasteiger partial charge is 0.461 e. The second kappa shape index (κ2) is 4.85. The van der Waals surface area contributed by atoms with Crippen LogP contribution in [0.3, 0.4) is 0 Å². The quantitative estimate of drug-likeness (QED) is 0.765. The normalized spacial score (nSPS) is 10.1. The maximum atomic E-state index is 11.5. The van der Waals surface area contributed by atoms with Crippen LogP contribution in [0, 0.1) is 0 Å². The summed E-state index contributed by atoms with van der Waals surface area (Å²) in [6, 6.07) is 5.38. The lowest BCUT2D eigenvalue weighted by Gasteiger charge is -2.01. The van der Waals surface area contributed by atoms with Crippen molar-refractivity contribution in [2.45, 2.75) is 6.92 Å². The van der Waals surface area contributed by atoms with Crippen LogP contribution in [0.4, 0.5) is 0 Å². The van der Waals surface area contributed by atoms with Crippen molar-refractivity contribution in [1.82, 2.24) is 9.97 Å². The van der Waals surface area contributed by atoms with Gasteiger partial charge in [-0.05, 0) is 24.4 Å². The highest BCUT2D eigenvalue weighted by Gasteiger charge is 2.10. The highest BCUT2D eigenvalue weighted by Crippen LogP contribution is 2.20. The molecule has 0 N–H and O–H groups in total. The van der Waals surface area contributed by atoms with Crippen LogP contribution in [0.25, 0.3) is 10.7 Å². The second-order valence-electron chi connectivity index (χ2n) is 2.96. The number of ether oxygens (including phenoxy) is 1. The number of hydrogen-bond donors (Lipinski definition) is 0. The van der Waals surface area contributed by atoms with Crippen LogP contribution < -0.4 is 0 Å². The van der Waals surface area contributed by atoms with Gasteiger partial charge in [-0.3, -0.25) is 0 Å². The first kappa shape index (κ1) is 10.8. The third kappa shape index (κ3) is 2.25. The lowest BCUT2D eigenvalue weighted by molar-refractivity contribution is 0.0519. The Hall–Kier alpha value is -1.75. The van der Waals surface area contributed by atoms with Crippen molar-refractivity contribution < 1.29 is 9.53 Å². The number of thiophene rings is 1. The molecule has 2 heterocycles. The predicted octanol–water partition coefficient (Wildman–Crippen LogP) is 2.38. The van der Waals surface area contributed by atoms with Gasteiger partial charge in [0, 0.05) is 6.20 Å². The Morgan fingerprint density at radius 2 is 2.38 bits per heavy atom. The molecule has 16 heavy (non-hydrogen) atoms. The van der Waals surface area contributed by atoms with E-state index in [0.29, 0.717) is 18.1 Å². The predicted molar refractivity (Wildman–Crippen MR) is 61.3 cm³/mol. The van der Waals surface area contributed by atoms with Crippen LogP contribution in [-0.4, -0.2) is 22.5 Å². The van der Waals surface area contributed by atoms with Crippen LogP contribution >= 0.6 is 11.3 Å². The van der Waals surface area contributed by atoms with Crippen molar-refractivity contribution in [3.05, 3.63) is 35.5 Å². The molecule has 0 saturated heterocycles. The van der Waals surface area contributed by atoms with Gasteiger partial charge in [-0.25, -0.2) is 14.8 Å². The number of aromatic nitrogens is 2. The van der Waals surface area contributed by atoms with Crippen LogP contribution in [0.5, 0.6) is 0 Å². The molecule has 0 saturated carbocycles. The van der Waals surface area contributed by atoms with E-state index in [1.54, 1.807) is 19.2 Å². The molecule has 5 heteroatoms. The Kier molecular flexibility index (Phi) is 3.26. The number of esters is 1. The number of carbonyl (C=O) groups is 1. The van der Waals surface area contributed by atoms with E-state index in [0.717, 1.165) is 4.88 Å². The van der Waals surface area contributed by atoms with Gasteiger partial charge in [0.05, 0.1) is 11.5 Å². The maximum Gasteiger partial charge on any atom is 0.357 e. The number of nitrogens with zero attached hydrogens (tertiary/aromatic N) is 2. The summed E-state index contributed by atoms with van der Waals surface area (Å²) in [6.07, 6.45) is 1.56. The summed E-state index contributed by atoms with van der Waals surface area (Å²) in [4.78, 5) is 20.7. The smallest absolute Gasteiger partial charge is 0.357 e. The molecule has 2 aromatic heterocycles. The highest BCUT2D eigenvalue weighted by molar-refractivity contribution is 7.13. The Morgan fingerprint density at radius 3 is 3.06 bits per heavy atom. The van der Waals surface area contributed by atoms with E-state index in [9.17, 15) is 4.79 Å². The van der Waals surface area contributed by atoms with Crippen molar-refractivity contribution in [2.75, 3.05) is 6.61 Å². The Bertz CT molecular complexity index is 482. The van der Waals surface area contributed by atoms with Gasteiger partial charge < -0.3 is 4.74 Å². The standard InChI is InChI=1S/C11H10N2O2S/c1-2-15-11(14)8-5-6-12-10(13-8)9-4-3-7-16-9/h3-7H,2H2,1H3. The molecule has 4 nitrogen and oxygen atoms in total. The number of hydrogen-bond acceptors (Lipinski definition) is 5. The molecular formula is C11H10N2O2S. The zero-order valence-corrected chi connectivity index (χ0v) is 9.53. The van der Waals surface area contributed by atoms with Gasteiger partial charge in [-0.2, -0.15) is 0 Å². The minimum Gasteiger partial charge on any atom is -0.461 e. The molecule has 82 valence electrons. The molecule has 0 unspecified atom stereocenters. The van der Waals surface area contributed by atoms with E-state index in [4.69, 9.17) is 4.74 Å². The van der Waals surface area contributed by atoms with Crippen molar-refractivity contribution >= 4 is 17.3 Å². The zero-order valence-electron chi connectivity index (χ0n) is 8.71. The molecule has 2 aromatic rings. The number of rotatable bonds is 3. The van der Waals surface area contributed by atoms with Gasteiger partial charge in [0.2, 0.25) is 0 Å². The maximum absolute atomic E-state index is 11.5. The minimum absolute atomic E-state index is 0.292. The third-order valence-electron chi connectivity index (χ3n) is 1.88. The van der Waals surface area contributed by atoms with Crippen LogP contribution in [0.1, 0.15) is 17.4 Å². The van der Waals surface area contributed by atoms with E-state index in [2.05, 4.69) is 9.97 Å². The molecule has 0 aliphatic rings. The third-order valence-corrected chi connectivity index (χ3v) is 2.75. The summed E-state index contributed by atoms with van der Waals surface area (Å²) < 4.78 is 4.87. The number of carbonyl (C=O) groups excluding carboxylic acids is 1. The van der Waals surface area contributed by atoms with Gasteiger partial charge >= 0.3 is 5.97 Å². The lowest BCUT2D eigenvalue weighted by atomic mass is 10.3. The molecule has 0 aliphatic heterocycles. The minimum atomic E-state index is -0.414. The van der Waals surface area contributed by atoms with E-state index in [1.165, 1.54) is 11.3 Å². The molecule has 0 spiro atoms. The second-order valence-corrected chi connectivity index (χ2v) is 3.91. The van der Waals surface area contributed by atoms with Gasteiger partial charge in [-0.1, -0.05) is 6.07 Å².